The highest BCUT2D eigenvalue weighted by atomic mass is 35.5. The molecule has 0 amide bonds. The van der Waals surface area contributed by atoms with Crippen molar-refractivity contribution in [2.24, 2.45) is 11.1 Å². The monoisotopic (exact) mass is 321 g/mol. The summed E-state index contributed by atoms with van der Waals surface area (Å²) in [6.07, 6.45) is 3.67. The fourth-order valence-electron chi connectivity index (χ4n) is 2.91. The van der Waals surface area contributed by atoms with Crippen molar-refractivity contribution in [3.05, 3.63) is 45.7 Å². The Balaban J connectivity index is 2.10. The molecule has 2 aromatic rings. The molecule has 2 N–H and O–H groups in total. The SMILES string of the molecule is CC1(C)Cc2nc(-c3cccc(Cl)c3Cl)ncc2C(N)C1. The Kier molecular flexibility index (Phi) is 3.68. The Morgan fingerprint density at radius 3 is 2.81 bits per heavy atom. The predicted octanol–water partition coefficient (Wildman–Crippen LogP) is 4.42. The lowest BCUT2D eigenvalue weighted by molar-refractivity contribution is 0.278. The Bertz CT molecular complexity index is 698. The molecule has 3 rings (SSSR count). The van der Waals surface area contributed by atoms with Gasteiger partial charge in [0, 0.05) is 29.1 Å². The molecule has 1 aliphatic rings. The summed E-state index contributed by atoms with van der Waals surface area (Å²) in [7, 11) is 0. The molecule has 1 aromatic carbocycles. The van der Waals surface area contributed by atoms with Crippen molar-refractivity contribution in [2.75, 3.05) is 0 Å². The van der Waals surface area contributed by atoms with E-state index in [1.807, 2.05) is 18.3 Å². The van der Waals surface area contributed by atoms with E-state index in [9.17, 15) is 0 Å². The standard InChI is InChI=1S/C16H17Cl2N3/c1-16(2)6-12(19)10-8-20-15(21-13(10)7-16)9-4-3-5-11(17)14(9)18/h3-5,8,12H,6-7,19H2,1-2H3. The molecule has 1 aliphatic carbocycles. The highest BCUT2D eigenvalue weighted by Crippen LogP contribution is 2.39. The third kappa shape index (κ3) is 2.78. The van der Waals surface area contributed by atoms with E-state index in [0.29, 0.717) is 15.9 Å². The number of rotatable bonds is 1. The van der Waals surface area contributed by atoms with Crippen LogP contribution in [0.3, 0.4) is 0 Å². The van der Waals surface area contributed by atoms with Gasteiger partial charge in [-0.15, -0.1) is 0 Å². The number of halogens is 2. The molecular formula is C16H17Cl2N3. The van der Waals surface area contributed by atoms with Crippen LogP contribution in [0.5, 0.6) is 0 Å². The van der Waals surface area contributed by atoms with Crippen LogP contribution in [0.15, 0.2) is 24.4 Å². The quantitative estimate of drug-likeness (QED) is 0.845. The maximum Gasteiger partial charge on any atom is 0.160 e. The molecule has 0 bridgehead atoms. The van der Waals surface area contributed by atoms with Crippen molar-refractivity contribution in [3.63, 3.8) is 0 Å². The van der Waals surface area contributed by atoms with Crippen LogP contribution in [0.4, 0.5) is 0 Å². The van der Waals surface area contributed by atoms with Crippen molar-refractivity contribution in [3.8, 4) is 11.4 Å². The van der Waals surface area contributed by atoms with Crippen LogP contribution in [0.25, 0.3) is 11.4 Å². The van der Waals surface area contributed by atoms with Crippen LogP contribution in [0, 0.1) is 5.41 Å². The molecule has 21 heavy (non-hydrogen) atoms. The van der Waals surface area contributed by atoms with Crippen molar-refractivity contribution in [2.45, 2.75) is 32.7 Å². The zero-order valence-electron chi connectivity index (χ0n) is 12.0. The van der Waals surface area contributed by atoms with Crippen molar-refractivity contribution >= 4 is 23.2 Å². The lowest BCUT2D eigenvalue weighted by Crippen LogP contribution is -2.30. The van der Waals surface area contributed by atoms with E-state index in [2.05, 4.69) is 18.8 Å². The number of hydrogen-bond donors (Lipinski definition) is 1. The topological polar surface area (TPSA) is 51.8 Å². The minimum atomic E-state index is -0.00682. The van der Waals surface area contributed by atoms with Crippen LogP contribution < -0.4 is 5.73 Å². The molecule has 1 aromatic heterocycles. The predicted molar refractivity (Wildman–Crippen MR) is 86.5 cm³/mol. The molecule has 0 aliphatic heterocycles. The van der Waals surface area contributed by atoms with Crippen molar-refractivity contribution in [1.29, 1.82) is 0 Å². The van der Waals surface area contributed by atoms with Crippen LogP contribution in [-0.4, -0.2) is 9.97 Å². The number of hydrogen-bond acceptors (Lipinski definition) is 3. The van der Waals surface area contributed by atoms with E-state index in [1.165, 1.54) is 0 Å². The van der Waals surface area contributed by atoms with E-state index >= 15 is 0 Å². The van der Waals surface area contributed by atoms with Gasteiger partial charge < -0.3 is 5.73 Å². The molecule has 1 heterocycles. The van der Waals surface area contributed by atoms with Crippen LogP contribution in [0.1, 0.15) is 37.6 Å². The number of nitrogens with two attached hydrogens (primary N) is 1. The van der Waals surface area contributed by atoms with Crippen LogP contribution >= 0.6 is 23.2 Å². The normalized spacial score (nSPS) is 20.1. The summed E-state index contributed by atoms with van der Waals surface area (Å²) in [6.45, 7) is 4.42. The second kappa shape index (κ2) is 5.24. The molecular weight excluding hydrogens is 305 g/mol. The minimum Gasteiger partial charge on any atom is -0.324 e. The van der Waals surface area contributed by atoms with Gasteiger partial charge in [0.05, 0.1) is 10.0 Å². The summed E-state index contributed by atoms with van der Waals surface area (Å²) in [6, 6.07) is 5.48. The third-order valence-corrected chi connectivity index (χ3v) is 4.73. The molecule has 0 saturated heterocycles. The van der Waals surface area contributed by atoms with Gasteiger partial charge in [0.25, 0.3) is 0 Å². The summed E-state index contributed by atoms with van der Waals surface area (Å²) in [5.74, 6) is 0.603. The molecule has 0 radical (unpaired) electrons. The molecule has 1 unspecified atom stereocenters. The van der Waals surface area contributed by atoms with Gasteiger partial charge in [0.1, 0.15) is 0 Å². The zero-order valence-corrected chi connectivity index (χ0v) is 13.5. The first-order valence-electron chi connectivity index (χ1n) is 6.93. The summed E-state index contributed by atoms with van der Waals surface area (Å²) >= 11 is 12.3. The average Bonchev–Trinajstić information content (AvgIpc) is 2.40. The van der Waals surface area contributed by atoms with E-state index in [0.717, 1.165) is 29.7 Å². The van der Waals surface area contributed by atoms with E-state index in [1.54, 1.807) is 6.07 Å². The van der Waals surface area contributed by atoms with E-state index in [-0.39, 0.29) is 11.5 Å². The molecule has 0 fully saturated rings. The number of fused-ring (bicyclic) bond motifs is 1. The zero-order chi connectivity index (χ0) is 15.2. The average molecular weight is 322 g/mol. The summed E-state index contributed by atoms with van der Waals surface area (Å²) < 4.78 is 0. The molecule has 110 valence electrons. The second-order valence-corrected chi connectivity index (χ2v) is 7.13. The minimum absolute atomic E-state index is 0.00682. The van der Waals surface area contributed by atoms with E-state index in [4.69, 9.17) is 33.9 Å². The molecule has 1 atom stereocenters. The van der Waals surface area contributed by atoms with E-state index < -0.39 is 0 Å². The Morgan fingerprint density at radius 1 is 1.29 bits per heavy atom. The highest BCUT2D eigenvalue weighted by Gasteiger charge is 2.31. The lowest BCUT2D eigenvalue weighted by atomic mass is 9.74. The summed E-state index contributed by atoms with van der Waals surface area (Å²) in [5.41, 5.74) is 9.19. The largest absolute Gasteiger partial charge is 0.324 e. The smallest absolute Gasteiger partial charge is 0.160 e. The molecule has 5 heteroatoms. The van der Waals surface area contributed by atoms with Gasteiger partial charge in [-0.3, -0.25) is 0 Å². The first kappa shape index (κ1) is 14.8. The van der Waals surface area contributed by atoms with Gasteiger partial charge >= 0.3 is 0 Å². The molecule has 0 spiro atoms. The number of aromatic nitrogens is 2. The fraction of sp³-hybridized carbons (Fsp3) is 0.375. The van der Waals surface area contributed by atoms with Gasteiger partial charge in [-0.2, -0.15) is 0 Å². The summed E-state index contributed by atoms with van der Waals surface area (Å²) in [5, 5.41) is 0.992. The van der Waals surface area contributed by atoms with Crippen LogP contribution in [0.2, 0.25) is 10.0 Å². The Morgan fingerprint density at radius 2 is 2.05 bits per heavy atom. The van der Waals surface area contributed by atoms with Crippen molar-refractivity contribution < 1.29 is 0 Å². The maximum absolute atomic E-state index is 6.26. The summed E-state index contributed by atoms with van der Waals surface area (Å²) in [4.78, 5) is 9.13. The van der Waals surface area contributed by atoms with Gasteiger partial charge in [-0.25, -0.2) is 9.97 Å². The first-order valence-corrected chi connectivity index (χ1v) is 7.69. The Hall–Kier alpha value is -1.16. The van der Waals surface area contributed by atoms with Crippen LogP contribution in [-0.2, 0) is 6.42 Å². The van der Waals surface area contributed by atoms with Crippen molar-refractivity contribution in [1.82, 2.24) is 9.97 Å². The molecule has 3 nitrogen and oxygen atoms in total. The number of nitrogens with zero attached hydrogens (tertiary/aromatic N) is 2. The fourth-order valence-corrected chi connectivity index (χ4v) is 3.30. The highest BCUT2D eigenvalue weighted by molar-refractivity contribution is 6.43. The third-order valence-electron chi connectivity index (χ3n) is 3.91. The van der Waals surface area contributed by atoms with Gasteiger partial charge in [0.2, 0.25) is 0 Å². The maximum atomic E-state index is 6.26. The Labute approximate surface area is 134 Å². The lowest BCUT2D eigenvalue weighted by Gasteiger charge is -2.34. The van der Waals surface area contributed by atoms with Gasteiger partial charge in [0.15, 0.2) is 5.82 Å². The number of benzene rings is 1. The van der Waals surface area contributed by atoms with Gasteiger partial charge in [-0.1, -0.05) is 43.1 Å². The second-order valence-electron chi connectivity index (χ2n) is 6.35. The molecule has 0 saturated carbocycles. The first-order chi connectivity index (χ1) is 9.87. The van der Waals surface area contributed by atoms with Gasteiger partial charge in [-0.05, 0) is 30.4 Å².